The molecule has 0 radical (unpaired) electrons. The molecule has 0 aromatic heterocycles. The van der Waals surface area contributed by atoms with Gasteiger partial charge in [-0.15, -0.1) is 0 Å². The highest BCUT2D eigenvalue weighted by molar-refractivity contribution is 5.74. The van der Waals surface area contributed by atoms with Crippen molar-refractivity contribution >= 4 is 6.03 Å². The molecule has 6 nitrogen and oxygen atoms in total. The van der Waals surface area contributed by atoms with Crippen molar-refractivity contribution in [2.75, 3.05) is 33.0 Å². The zero-order chi connectivity index (χ0) is 15.8. The van der Waals surface area contributed by atoms with Gasteiger partial charge in [0.05, 0.1) is 13.2 Å². The summed E-state index contributed by atoms with van der Waals surface area (Å²) in [6.07, 6.45) is 0. The third-order valence-corrected chi connectivity index (χ3v) is 3.34. The lowest BCUT2D eigenvalue weighted by molar-refractivity contribution is 0.151. The molecular weight excluding hydrogens is 272 g/mol. The lowest BCUT2D eigenvalue weighted by Crippen LogP contribution is -2.44. The van der Waals surface area contributed by atoms with E-state index in [-0.39, 0.29) is 39.1 Å². The van der Waals surface area contributed by atoms with E-state index in [0.29, 0.717) is 0 Å². The van der Waals surface area contributed by atoms with Gasteiger partial charge in [0.1, 0.15) is 5.75 Å². The van der Waals surface area contributed by atoms with Crippen LogP contribution in [0.1, 0.15) is 16.7 Å². The molecule has 1 aromatic carbocycles. The fourth-order valence-corrected chi connectivity index (χ4v) is 1.99. The Morgan fingerprint density at radius 1 is 1.14 bits per heavy atom. The Bertz CT molecular complexity index is 471. The number of aryl methyl sites for hydroxylation is 2. The van der Waals surface area contributed by atoms with Crippen LogP contribution < -0.4 is 10.1 Å². The first-order chi connectivity index (χ1) is 10.0. The summed E-state index contributed by atoms with van der Waals surface area (Å²) in [6.45, 7) is 6.02. The summed E-state index contributed by atoms with van der Waals surface area (Å²) in [7, 11) is 0. The number of carbonyl (C=O) groups excluding carboxylic acids is 1. The van der Waals surface area contributed by atoms with Gasteiger partial charge in [0.15, 0.2) is 6.73 Å². The largest absolute Gasteiger partial charge is 0.473 e. The van der Waals surface area contributed by atoms with Crippen LogP contribution in [0.5, 0.6) is 5.75 Å². The van der Waals surface area contributed by atoms with Crippen molar-refractivity contribution in [2.45, 2.75) is 20.8 Å². The summed E-state index contributed by atoms with van der Waals surface area (Å²) in [5, 5.41) is 20.4. The molecular formula is C15H24N2O4. The van der Waals surface area contributed by atoms with Gasteiger partial charge in [0.25, 0.3) is 0 Å². The summed E-state index contributed by atoms with van der Waals surface area (Å²) in [4.78, 5) is 13.2. The molecule has 0 spiro atoms. The average Bonchev–Trinajstić information content (AvgIpc) is 2.46. The van der Waals surface area contributed by atoms with E-state index in [9.17, 15) is 4.79 Å². The Kier molecular flexibility index (Phi) is 6.98. The van der Waals surface area contributed by atoms with E-state index < -0.39 is 0 Å². The zero-order valence-corrected chi connectivity index (χ0v) is 12.8. The number of aliphatic hydroxyl groups excluding tert-OH is 2. The first kappa shape index (κ1) is 17.3. The number of nitrogens with zero attached hydrogens (tertiary/aromatic N) is 1. The highest BCUT2D eigenvalue weighted by atomic mass is 16.5. The first-order valence-electron chi connectivity index (χ1n) is 6.95. The average molecular weight is 296 g/mol. The van der Waals surface area contributed by atoms with E-state index in [1.54, 1.807) is 0 Å². The number of rotatable bonds is 7. The number of urea groups is 1. The molecule has 1 rings (SSSR count). The summed E-state index contributed by atoms with van der Waals surface area (Å²) in [5.74, 6) is 0.770. The van der Waals surface area contributed by atoms with Crippen molar-refractivity contribution < 1.29 is 19.7 Å². The van der Waals surface area contributed by atoms with Gasteiger partial charge in [-0.3, -0.25) is 0 Å². The number of benzene rings is 1. The molecule has 0 fully saturated rings. The minimum absolute atomic E-state index is 0.0390. The molecule has 0 aliphatic rings. The molecule has 21 heavy (non-hydrogen) atoms. The third-order valence-electron chi connectivity index (χ3n) is 3.34. The smallest absolute Gasteiger partial charge is 0.320 e. The minimum Gasteiger partial charge on any atom is -0.473 e. The van der Waals surface area contributed by atoms with Crippen molar-refractivity contribution in [1.82, 2.24) is 10.2 Å². The first-order valence-corrected chi connectivity index (χ1v) is 6.95. The molecule has 0 atom stereocenters. The van der Waals surface area contributed by atoms with Crippen LogP contribution in [0.2, 0.25) is 0 Å². The second-order valence-corrected chi connectivity index (χ2v) is 4.86. The maximum Gasteiger partial charge on any atom is 0.320 e. The summed E-state index contributed by atoms with van der Waals surface area (Å²) in [6, 6.07) is 3.63. The number of nitrogens with one attached hydrogen (secondary N) is 1. The van der Waals surface area contributed by atoms with Crippen molar-refractivity contribution in [3.05, 3.63) is 28.8 Å². The fraction of sp³-hybridized carbons (Fsp3) is 0.533. The van der Waals surface area contributed by atoms with Crippen molar-refractivity contribution in [3.63, 3.8) is 0 Å². The Labute approximate surface area is 125 Å². The fourth-order valence-electron chi connectivity index (χ4n) is 1.99. The zero-order valence-electron chi connectivity index (χ0n) is 12.8. The quantitative estimate of drug-likeness (QED) is 0.654. The van der Waals surface area contributed by atoms with Crippen LogP contribution in [0, 0.1) is 20.8 Å². The highest BCUT2D eigenvalue weighted by Crippen LogP contribution is 2.25. The van der Waals surface area contributed by atoms with Gasteiger partial charge in [-0.25, -0.2) is 4.79 Å². The van der Waals surface area contributed by atoms with Crippen LogP contribution in [0.15, 0.2) is 12.1 Å². The van der Waals surface area contributed by atoms with E-state index in [1.807, 2.05) is 32.9 Å². The Morgan fingerprint density at radius 3 is 2.29 bits per heavy atom. The molecule has 0 saturated heterocycles. The summed E-state index contributed by atoms with van der Waals surface area (Å²) < 4.78 is 5.64. The molecule has 2 amide bonds. The van der Waals surface area contributed by atoms with E-state index >= 15 is 0 Å². The van der Waals surface area contributed by atoms with Crippen molar-refractivity contribution in [2.24, 2.45) is 0 Å². The van der Waals surface area contributed by atoms with E-state index in [1.165, 1.54) is 4.90 Å². The monoisotopic (exact) mass is 296 g/mol. The van der Waals surface area contributed by atoms with Gasteiger partial charge in [0.2, 0.25) is 0 Å². The molecule has 0 aliphatic heterocycles. The molecule has 0 bridgehead atoms. The molecule has 118 valence electrons. The normalized spacial score (nSPS) is 10.3. The Hall–Kier alpha value is -1.79. The van der Waals surface area contributed by atoms with Crippen LogP contribution in [-0.2, 0) is 0 Å². The van der Waals surface area contributed by atoms with Crippen molar-refractivity contribution in [3.8, 4) is 5.75 Å². The van der Waals surface area contributed by atoms with Crippen LogP contribution in [0.3, 0.4) is 0 Å². The minimum atomic E-state index is -0.374. The van der Waals surface area contributed by atoms with Gasteiger partial charge in [-0.05, 0) is 37.5 Å². The number of carbonyl (C=O) groups is 1. The standard InChI is InChI=1S/C15H24N2O4/c1-11-4-5-12(2)14(13(11)3)21-10-16-15(20)17(6-8-18)7-9-19/h4-5,18-19H,6-10H2,1-3H3,(H,16,20). The van der Waals surface area contributed by atoms with E-state index in [0.717, 1.165) is 22.4 Å². The molecule has 3 N–H and O–H groups in total. The second kappa shape index (κ2) is 8.49. The molecule has 0 aliphatic carbocycles. The van der Waals surface area contributed by atoms with Crippen LogP contribution in [0.25, 0.3) is 0 Å². The third kappa shape index (κ3) is 4.91. The number of hydrogen-bond acceptors (Lipinski definition) is 4. The SMILES string of the molecule is Cc1ccc(C)c(OCNC(=O)N(CCO)CCO)c1C. The molecule has 6 heteroatoms. The van der Waals surface area contributed by atoms with E-state index in [2.05, 4.69) is 5.32 Å². The summed E-state index contributed by atoms with van der Waals surface area (Å²) >= 11 is 0. The van der Waals surface area contributed by atoms with Gasteiger partial charge < -0.3 is 25.2 Å². The number of amides is 2. The van der Waals surface area contributed by atoms with E-state index in [4.69, 9.17) is 14.9 Å². The highest BCUT2D eigenvalue weighted by Gasteiger charge is 2.12. The van der Waals surface area contributed by atoms with Gasteiger partial charge in [0, 0.05) is 13.1 Å². The van der Waals surface area contributed by atoms with Crippen LogP contribution in [0.4, 0.5) is 4.79 Å². The van der Waals surface area contributed by atoms with Crippen molar-refractivity contribution in [1.29, 1.82) is 0 Å². The topological polar surface area (TPSA) is 82.0 Å². The van der Waals surface area contributed by atoms with Crippen LogP contribution >= 0.6 is 0 Å². The molecule has 0 unspecified atom stereocenters. The Balaban J connectivity index is 2.57. The number of ether oxygens (including phenoxy) is 1. The van der Waals surface area contributed by atoms with Gasteiger partial charge >= 0.3 is 6.03 Å². The summed E-state index contributed by atoms with van der Waals surface area (Å²) in [5.41, 5.74) is 3.19. The molecule has 0 saturated carbocycles. The maximum absolute atomic E-state index is 11.9. The number of hydrogen-bond donors (Lipinski definition) is 3. The maximum atomic E-state index is 11.9. The van der Waals surface area contributed by atoms with Crippen LogP contribution in [-0.4, -0.2) is 54.2 Å². The molecule has 1 aromatic rings. The van der Waals surface area contributed by atoms with Gasteiger partial charge in [-0.2, -0.15) is 0 Å². The number of aliphatic hydroxyl groups is 2. The lowest BCUT2D eigenvalue weighted by atomic mass is 10.1. The lowest BCUT2D eigenvalue weighted by Gasteiger charge is -2.21. The second-order valence-electron chi connectivity index (χ2n) is 4.86. The predicted molar refractivity (Wildman–Crippen MR) is 80.4 cm³/mol. The molecule has 0 heterocycles. The predicted octanol–water partition coefficient (Wildman–Crippen LogP) is 0.944. The van der Waals surface area contributed by atoms with Gasteiger partial charge in [-0.1, -0.05) is 12.1 Å². The Morgan fingerprint density at radius 2 is 1.71 bits per heavy atom.